The van der Waals surface area contributed by atoms with Crippen molar-refractivity contribution in [1.82, 2.24) is 5.32 Å². The van der Waals surface area contributed by atoms with Crippen molar-refractivity contribution in [2.45, 2.75) is 12.5 Å². The van der Waals surface area contributed by atoms with Gasteiger partial charge in [-0.15, -0.1) is 0 Å². The Bertz CT molecular complexity index is 413. The van der Waals surface area contributed by atoms with Gasteiger partial charge in [-0.3, -0.25) is 0 Å². The highest BCUT2D eigenvalue weighted by atomic mass is 16.5. The standard InChI is InChI=1S/C13H17N3O/c1-17-13-5-3-2-4-12(13)16-9-8-15-10-11(16)6-7-14/h2-5,11,15H,6,8-10H2,1H3. The highest BCUT2D eigenvalue weighted by Gasteiger charge is 2.24. The number of rotatable bonds is 3. The molecule has 0 amide bonds. The summed E-state index contributed by atoms with van der Waals surface area (Å²) in [6.45, 7) is 2.71. The maximum Gasteiger partial charge on any atom is 0.142 e. The third-order valence-electron chi connectivity index (χ3n) is 3.07. The summed E-state index contributed by atoms with van der Waals surface area (Å²) in [5.74, 6) is 0.873. The Kier molecular flexibility index (Phi) is 3.84. The van der Waals surface area contributed by atoms with Crippen LogP contribution < -0.4 is 15.0 Å². The van der Waals surface area contributed by atoms with Crippen molar-refractivity contribution in [3.05, 3.63) is 24.3 Å². The molecular weight excluding hydrogens is 214 g/mol. The second-order valence-corrected chi connectivity index (χ2v) is 4.09. The minimum absolute atomic E-state index is 0.227. The first kappa shape index (κ1) is 11.7. The Labute approximate surface area is 102 Å². The van der Waals surface area contributed by atoms with E-state index < -0.39 is 0 Å². The lowest BCUT2D eigenvalue weighted by atomic mass is 10.1. The first-order valence-corrected chi connectivity index (χ1v) is 5.84. The van der Waals surface area contributed by atoms with E-state index in [1.54, 1.807) is 7.11 Å². The molecule has 0 spiro atoms. The van der Waals surface area contributed by atoms with Gasteiger partial charge < -0.3 is 15.0 Å². The number of methoxy groups -OCH3 is 1. The van der Waals surface area contributed by atoms with E-state index in [0.717, 1.165) is 31.1 Å². The zero-order valence-electron chi connectivity index (χ0n) is 10.0. The van der Waals surface area contributed by atoms with Gasteiger partial charge in [0.25, 0.3) is 0 Å². The van der Waals surface area contributed by atoms with E-state index >= 15 is 0 Å². The summed E-state index contributed by atoms with van der Waals surface area (Å²) >= 11 is 0. The Balaban J connectivity index is 2.26. The second-order valence-electron chi connectivity index (χ2n) is 4.09. The Morgan fingerprint density at radius 2 is 2.35 bits per heavy atom. The van der Waals surface area contributed by atoms with Gasteiger partial charge >= 0.3 is 0 Å². The zero-order chi connectivity index (χ0) is 12.1. The fourth-order valence-electron chi connectivity index (χ4n) is 2.23. The van der Waals surface area contributed by atoms with Gasteiger partial charge in [0.15, 0.2) is 0 Å². The van der Waals surface area contributed by atoms with Crippen molar-refractivity contribution in [3.63, 3.8) is 0 Å². The van der Waals surface area contributed by atoms with Gasteiger partial charge in [0.2, 0.25) is 0 Å². The number of hydrogen-bond acceptors (Lipinski definition) is 4. The summed E-state index contributed by atoms with van der Waals surface area (Å²) in [5, 5.41) is 12.2. The molecule has 1 atom stereocenters. The van der Waals surface area contributed by atoms with Crippen LogP contribution >= 0.6 is 0 Å². The molecule has 1 aromatic carbocycles. The number of para-hydroxylation sites is 2. The molecule has 17 heavy (non-hydrogen) atoms. The maximum absolute atomic E-state index is 8.87. The number of hydrogen-bond donors (Lipinski definition) is 1. The van der Waals surface area contributed by atoms with Crippen molar-refractivity contribution >= 4 is 5.69 Å². The monoisotopic (exact) mass is 231 g/mol. The summed E-state index contributed by atoms with van der Waals surface area (Å²) in [5.41, 5.74) is 1.08. The van der Waals surface area contributed by atoms with Crippen molar-refractivity contribution < 1.29 is 4.74 Å². The van der Waals surface area contributed by atoms with E-state index in [1.807, 2.05) is 18.2 Å². The summed E-state index contributed by atoms with van der Waals surface area (Å²) in [6, 6.07) is 10.5. The van der Waals surface area contributed by atoms with Crippen molar-refractivity contribution in [1.29, 1.82) is 5.26 Å². The fraction of sp³-hybridized carbons (Fsp3) is 0.462. The van der Waals surface area contributed by atoms with Crippen LogP contribution in [0.1, 0.15) is 6.42 Å². The van der Waals surface area contributed by atoms with Crippen LogP contribution in [-0.2, 0) is 0 Å². The molecule has 1 aromatic rings. The molecule has 90 valence electrons. The third-order valence-corrected chi connectivity index (χ3v) is 3.07. The van der Waals surface area contributed by atoms with Crippen molar-refractivity contribution in [2.75, 3.05) is 31.6 Å². The maximum atomic E-state index is 8.87. The predicted octanol–water partition coefficient (Wildman–Crippen LogP) is 1.39. The number of nitrogens with zero attached hydrogens (tertiary/aromatic N) is 2. The molecule has 1 aliphatic heterocycles. The number of benzene rings is 1. The first-order valence-electron chi connectivity index (χ1n) is 5.84. The van der Waals surface area contributed by atoms with Crippen LogP contribution in [0.2, 0.25) is 0 Å². The smallest absolute Gasteiger partial charge is 0.142 e. The molecule has 1 heterocycles. The number of nitriles is 1. The molecule has 1 N–H and O–H groups in total. The van der Waals surface area contributed by atoms with Crippen molar-refractivity contribution in [3.8, 4) is 11.8 Å². The molecule has 1 aliphatic rings. The highest BCUT2D eigenvalue weighted by molar-refractivity contribution is 5.59. The Morgan fingerprint density at radius 1 is 1.53 bits per heavy atom. The van der Waals surface area contributed by atoms with E-state index in [-0.39, 0.29) is 6.04 Å². The number of nitrogens with one attached hydrogen (secondary N) is 1. The molecule has 2 rings (SSSR count). The lowest BCUT2D eigenvalue weighted by molar-refractivity contribution is 0.407. The SMILES string of the molecule is COc1ccccc1N1CCNCC1CC#N. The first-order chi connectivity index (χ1) is 8.36. The van der Waals surface area contributed by atoms with E-state index in [4.69, 9.17) is 10.00 Å². The van der Waals surface area contributed by atoms with E-state index in [1.165, 1.54) is 0 Å². The van der Waals surface area contributed by atoms with Gasteiger partial charge in [-0.05, 0) is 12.1 Å². The van der Waals surface area contributed by atoms with Crippen LogP contribution in [0, 0.1) is 11.3 Å². The van der Waals surface area contributed by atoms with Gasteiger partial charge in [-0.2, -0.15) is 5.26 Å². The van der Waals surface area contributed by atoms with E-state index in [9.17, 15) is 0 Å². The van der Waals surface area contributed by atoms with Crippen LogP contribution in [-0.4, -0.2) is 32.8 Å². The normalized spacial score (nSPS) is 19.8. The largest absolute Gasteiger partial charge is 0.495 e. The quantitative estimate of drug-likeness (QED) is 0.854. The van der Waals surface area contributed by atoms with Gasteiger partial charge in [-0.25, -0.2) is 0 Å². The molecule has 1 unspecified atom stereocenters. The molecule has 4 nitrogen and oxygen atoms in total. The Hall–Kier alpha value is -1.73. The third kappa shape index (κ3) is 2.51. The molecule has 0 radical (unpaired) electrons. The van der Waals surface area contributed by atoms with Gasteiger partial charge in [-0.1, -0.05) is 12.1 Å². The van der Waals surface area contributed by atoms with Crippen LogP contribution in [0.25, 0.3) is 0 Å². The van der Waals surface area contributed by atoms with Crippen molar-refractivity contribution in [2.24, 2.45) is 0 Å². The molecule has 0 saturated carbocycles. The molecule has 0 bridgehead atoms. The second kappa shape index (κ2) is 5.55. The Morgan fingerprint density at radius 3 is 3.12 bits per heavy atom. The number of ether oxygens (including phenoxy) is 1. The molecular formula is C13H17N3O. The minimum atomic E-state index is 0.227. The zero-order valence-corrected chi connectivity index (χ0v) is 10.0. The average molecular weight is 231 g/mol. The molecule has 4 heteroatoms. The molecule has 1 fully saturated rings. The van der Waals surface area contributed by atoms with Crippen LogP contribution in [0.15, 0.2) is 24.3 Å². The lowest BCUT2D eigenvalue weighted by Crippen LogP contribution is -2.51. The van der Waals surface area contributed by atoms with E-state index in [0.29, 0.717) is 6.42 Å². The minimum Gasteiger partial charge on any atom is -0.495 e. The summed E-state index contributed by atoms with van der Waals surface area (Å²) in [4.78, 5) is 2.26. The topological polar surface area (TPSA) is 48.3 Å². The van der Waals surface area contributed by atoms with Gasteiger partial charge in [0.05, 0.1) is 31.3 Å². The fourth-order valence-corrected chi connectivity index (χ4v) is 2.23. The summed E-state index contributed by atoms with van der Waals surface area (Å²) < 4.78 is 5.38. The average Bonchev–Trinajstić information content (AvgIpc) is 2.40. The van der Waals surface area contributed by atoms with Gasteiger partial charge in [0.1, 0.15) is 5.75 Å². The molecule has 1 saturated heterocycles. The highest BCUT2D eigenvalue weighted by Crippen LogP contribution is 2.30. The number of piperazine rings is 1. The number of anilines is 1. The summed E-state index contributed by atoms with van der Waals surface area (Å²) in [7, 11) is 1.68. The van der Waals surface area contributed by atoms with Crippen LogP contribution in [0.5, 0.6) is 5.75 Å². The van der Waals surface area contributed by atoms with E-state index in [2.05, 4.69) is 22.4 Å². The predicted molar refractivity (Wildman–Crippen MR) is 67.2 cm³/mol. The summed E-state index contributed by atoms with van der Waals surface area (Å²) in [6.07, 6.45) is 0.533. The van der Waals surface area contributed by atoms with Gasteiger partial charge in [0, 0.05) is 19.6 Å². The molecule has 0 aromatic heterocycles. The van der Waals surface area contributed by atoms with Crippen LogP contribution in [0.4, 0.5) is 5.69 Å². The lowest BCUT2D eigenvalue weighted by Gasteiger charge is -2.37. The molecule has 0 aliphatic carbocycles. The van der Waals surface area contributed by atoms with Crippen LogP contribution in [0.3, 0.4) is 0 Å².